The number of imide groups is 1. The fourth-order valence-corrected chi connectivity index (χ4v) is 4.68. The summed E-state index contributed by atoms with van der Waals surface area (Å²) in [7, 11) is 0. The van der Waals surface area contributed by atoms with Crippen molar-refractivity contribution >= 4 is 40.8 Å². The zero-order valence-corrected chi connectivity index (χ0v) is 17.1. The van der Waals surface area contributed by atoms with Gasteiger partial charge in [-0.05, 0) is 31.9 Å². The molecule has 0 bridgehead atoms. The number of carbonyl (C=O) groups excluding carboxylic acids is 3. The van der Waals surface area contributed by atoms with Crippen LogP contribution in [0.2, 0.25) is 5.02 Å². The number of ether oxygens (including phenoxy) is 1. The first-order chi connectivity index (χ1) is 13.9. The number of morpholine rings is 1. The van der Waals surface area contributed by atoms with E-state index in [9.17, 15) is 14.4 Å². The third kappa shape index (κ3) is 3.55. The first-order valence-corrected chi connectivity index (χ1v) is 10.4. The molecule has 2 N–H and O–H groups in total. The van der Waals surface area contributed by atoms with Gasteiger partial charge in [-0.15, -0.1) is 0 Å². The Bertz CT molecular complexity index is 834. The lowest BCUT2D eigenvalue weighted by molar-refractivity contribution is -0.136. The van der Waals surface area contributed by atoms with E-state index >= 15 is 0 Å². The average molecular weight is 421 g/mol. The van der Waals surface area contributed by atoms with Gasteiger partial charge in [0.05, 0.1) is 29.6 Å². The molecule has 2 heterocycles. The molecule has 29 heavy (non-hydrogen) atoms. The molecule has 1 aromatic rings. The predicted molar refractivity (Wildman–Crippen MR) is 109 cm³/mol. The Balaban J connectivity index is 1.53. The van der Waals surface area contributed by atoms with Crippen molar-refractivity contribution in [2.45, 2.75) is 44.2 Å². The molecular weight excluding hydrogens is 396 g/mol. The Kier molecular flexibility index (Phi) is 5.40. The Morgan fingerprint density at radius 3 is 2.62 bits per heavy atom. The second-order valence-corrected chi connectivity index (χ2v) is 8.20. The number of hydrogen-bond donors (Lipinski definition) is 2. The van der Waals surface area contributed by atoms with Crippen molar-refractivity contribution in [3.8, 4) is 0 Å². The molecule has 0 radical (unpaired) electrons. The highest BCUT2D eigenvalue weighted by molar-refractivity contribution is 6.34. The summed E-state index contributed by atoms with van der Waals surface area (Å²) in [6, 6.07) is 3.87. The molecule has 9 heteroatoms. The summed E-state index contributed by atoms with van der Waals surface area (Å²) < 4.78 is 5.40. The molecule has 0 aromatic heterocycles. The Morgan fingerprint density at radius 2 is 1.93 bits per heavy atom. The normalized spacial score (nSPS) is 22.1. The first kappa shape index (κ1) is 20.0. The summed E-state index contributed by atoms with van der Waals surface area (Å²) >= 11 is 6.42. The van der Waals surface area contributed by atoms with Crippen molar-refractivity contribution in [2.24, 2.45) is 0 Å². The van der Waals surface area contributed by atoms with E-state index in [1.165, 1.54) is 0 Å². The summed E-state index contributed by atoms with van der Waals surface area (Å²) in [5.74, 6) is -0.734. The van der Waals surface area contributed by atoms with E-state index in [1.807, 2.05) is 0 Å². The van der Waals surface area contributed by atoms with E-state index in [0.717, 1.165) is 23.4 Å². The third-order valence-corrected chi connectivity index (χ3v) is 6.29. The summed E-state index contributed by atoms with van der Waals surface area (Å²) in [5.41, 5.74) is 0.446. The molecule has 2 aliphatic heterocycles. The van der Waals surface area contributed by atoms with Gasteiger partial charge in [0.2, 0.25) is 5.91 Å². The molecule has 2 saturated heterocycles. The van der Waals surface area contributed by atoms with Crippen molar-refractivity contribution in [2.75, 3.05) is 36.5 Å². The quantitative estimate of drug-likeness (QED) is 0.730. The number of urea groups is 1. The minimum Gasteiger partial charge on any atom is -0.378 e. The van der Waals surface area contributed by atoms with Crippen LogP contribution in [-0.2, 0) is 14.3 Å². The molecule has 8 nitrogen and oxygen atoms in total. The fourth-order valence-electron chi connectivity index (χ4n) is 4.39. The number of amides is 4. The molecule has 1 aromatic carbocycles. The van der Waals surface area contributed by atoms with Gasteiger partial charge in [-0.2, -0.15) is 0 Å². The summed E-state index contributed by atoms with van der Waals surface area (Å²) in [6.45, 7) is 4.06. The number of halogens is 1. The Labute approximate surface area is 174 Å². The fraction of sp³-hybridized carbons (Fsp3) is 0.550. The average Bonchev–Trinajstić information content (AvgIpc) is 3.27. The number of para-hydroxylation sites is 1. The van der Waals surface area contributed by atoms with Crippen LogP contribution in [0.3, 0.4) is 0 Å². The minimum absolute atomic E-state index is 0.304. The molecule has 3 aliphatic rings. The molecule has 4 rings (SSSR count). The van der Waals surface area contributed by atoms with Crippen LogP contribution < -0.4 is 15.5 Å². The summed E-state index contributed by atoms with van der Waals surface area (Å²) in [5, 5.41) is 6.21. The number of hydrogen-bond acceptors (Lipinski definition) is 5. The van der Waals surface area contributed by atoms with Gasteiger partial charge >= 0.3 is 6.03 Å². The zero-order valence-electron chi connectivity index (χ0n) is 16.4. The van der Waals surface area contributed by atoms with E-state index in [-0.39, 0.29) is 5.91 Å². The molecule has 4 amide bonds. The number of nitrogens with zero attached hydrogens (tertiary/aromatic N) is 2. The van der Waals surface area contributed by atoms with Crippen molar-refractivity contribution in [3.63, 3.8) is 0 Å². The topological polar surface area (TPSA) is 91.0 Å². The molecule has 1 saturated carbocycles. The van der Waals surface area contributed by atoms with Gasteiger partial charge in [0, 0.05) is 13.1 Å². The molecule has 1 unspecified atom stereocenters. The Morgan fingerprint density at radius 1 is 1.24 bits per heavy atom. The maximum absolute atomic E-state index is 13.0. The summed E-state index contributed by atoms with van der Waals surface area (Å²) in [6.07, 6.45) is 3.04. The van der Waals surface area contributed by atoms with E-state index < -0.39 is 23.5 Å². The van der Waals surface area contributed by atoms with Crippen LogP contribution in [0.15, 0.2) is 18.2 Å². The molecule has 1 spiro atoms. The van der Waals surface area contributed by atoms with Crippen LogP contribution in [0.5, 0.6) is 0 Å². The predicted octanol–water partition coefficient (Wildman–Crippen LogP) is 2.37. The number of rotatable bonds is 4. The number of nitrogens with one attached hydrogen (secondary N) is 2. The van der Waals surface area contributed by atoms with Crippen molar-refractivity contribution in [1.29, 1.82) is 0 Å². The van der Waals surface area contributed by atoms with E-state index in [4.69, 9.17) is 16.3 Å². The van der Waals surface area contributed by atoms with Crippen molar-refractivity contribution in [3.05, 3.63) is 23.2 Å². The monoisotopic (exact) mass is 420 g/mol. The number of carbonyl (C=O) groups is 3. The highest BCUT2D eigenvalue weighted by Gasteiger charge is 2.54. The van der Waals surface area contributed by atoms with E-state index in [1.54, 1.807) is 25.1 Å². The minimum atomic E-state index is -0.931. The second kappa shape index (κ2) is 7.84. The van der Waals surface area contributed by atoms with Crippen molar-refractivity contribution < 1.29 is 19.1 Å². The van der Waals surface area contributed by atoms with Crippen LogP contribution in [0.1, 0.15) is 32.6 Å². The van der Waals surface area contributed by atoms with Gasteiger partial charge in [-0.25, -0.2) is 9.69 Å². The standard InChI is InChI=1S/C20H25ClN4O4/c1-13(25-18(27)20(23-19(25)28)7-2-3-8-20)17(26)22-15-6-4-5-14(21)16(15)24-9-11-29-12-10-24/h4-6,13H,2-3,7-12H2,1H3,(H,22,26)(H,23,28). The first-order valence-electron chi connectivity index (χ1n) is 10.0. The van der Waals surface area contributed by atoms with Crippen LogP contribution in [0, 0.1) is 0 Å². The van der Waals surface area contributed by atoms with Crippen LogP contribution in [0.4, 0.5) is 16.2 Å². The van der Waals surface area contributed by atoms with Gasteiger partial charge in [0.1, 0.15) is 11.6 Å². The maximum Gasteiger partial charge on any atom is 0.325 e. The van der Waals surface area contributed by atoms with Gasteiger partial charge in [-0.3, -0.25) is 9.59 Å². The zero-order chi connectivity index (χ0) is 20.6. The smallest absolute Gasteiger partial charge is 0.325 e. The van der Waals surface area contributed by atoms with Gasteiger partial charge in [0.15, 0.2) is 0 Å². The molecule has 156 valence electrons. The molecule has 3 fully saturated rings. The second-order valence-electron chi connectivity index (χ2n) is 7.80. The molecule has 1 atom stereocenters. The highest BCUT2D eigenvalue weighted by Crippen LogP contribution is 2.37. The van der Waals surface area contributed by atoms with Crippen LogP contribution >= 0.6 is 11.6 Å². The largest absolute Gasteiger partial charge is 0.378 e. The van der Waals surface area contributed by atoms with Crippen LogP contribution in [0.25, 0.3) is 0 Å². The Hall–Kier alpha value is -2.32. The SMILES string of the molecule is CC(C(=O)Nc1cccc(Cl)c1N1CCOCC1)N1C(=O)NC2(CCCC2)C1=O. The molecular formula is C20H25ClN4O4. The number of anilines is 2. The van der Waals surface area contributed by atoms with Crippen molar-refractivity contribution in [1.82, 2.24) is 10.2 Å². The van der Waals surface area contributed by atoms with Gasteiger partial charge < -0.3 is 20.3 Å². The maximum atomic E-state index is 13.0. The van der Waals surface area contributed by atoms with E-state index in [2.05, 4.69) is 15.5 Å². The third-order valence-electron chi connectivity index (χ3n) is 5.99. The molecule has 1 aliphatic carbocycles. The lowest BCUT2D eigenvalue weighted by Crippen LogP contribution is -2.48. The summed E-state index contributed by atoms with van der Waals surface area (Å²) in [4.78, 5) is 41.5. The highest BCUT2D eigenvalue weighted by atomic mass is 35.5. The number of benzene rings is 1. The van der Waals surface area contributed by atoms with Gasteiger partial charge in [-0.1, -0.05) is 30.5 Å². The lowest BCUT2D eigenvalue weighted by Gasteiger charge is -2.31. The van der Waals surface area contributed by atoms with E-state index in [0.29, 0.717) is 49.9 Å². The lowest BCUT2D eigenvalue weighted by atomic mass is 9.97. The van der Waals surface area contributed by atoms with Gasteiger partial charge in [0.25, 0.3) is 5.91 Å². The van der Waals surface area contributed by atoms with Crippen LogP contribution in [-0.4, -0.2) is 60.6 Å².